The summed E-state index contributed by atoms with van der Waals surface area (Å²) in [4.78, 5) is 11.9. The minimum atomic E-state index is -0.472. The third kappa shape index (κ3) is 2.18. The minimum Gasteiger partial charge on any atom is -0.456 e. The van der Waals surface area contributed by atoms with Crippen LogP contribution in [0.5, 0.6) is 0 Å². The molecule has 5 heteroatoms. The number of ether oxygens (including phenoxy) is 1. The lowest BCUT2D eigenvalue weighted by atomic mass is 10.2. The highest BCUT2D eigenvalue weighted by atomic mass is 16.6. The summed E-state index contributed by atoms with van der Waals surface area (Å²) in [7, 11) is 0. The van der Waals surface area contributed by atoms with E-state index < -0.39 is 5.60 Å². The Hall–Kier alpha value is -1.52. The van der Waals surface area contributed by atoms with E-state index in [9.17, 15) is 4.79 Å². The molecule has 2 rings (SSSR count). The Morgan fingerprint density at radius 1 is 1.56 bits per heavy atom. The fourth-order valence-corrected chi connectivity index (χ4v) is 1.66. The quantitative estimate of drug-likeness (QED) is 0.735. The fourth-order valence-electron chi connectivity index (χ4n) is 1.66. The molecule has 0 saturated carbocycles. The number of rotatable bonds is 1. The second-order valence-electron chi connectivity index (χ2n) is 4.91. The molecular weight excluding hydrogens is 206 g/mol. The lowest BCUT2D eigenvalue weighted by molar-refractivity contribution is 0.00705. The van der Waals surface area contributed by atoms with E-state index in [1.54, 1.807) is 6.20 Å². The Morgan fingerprint density at radius 3 is 3.00 bits per heavy atom. The van der Waals surface area contributed by atoms with Gasteiger partial charge in [-0.2, -0.15) is 5.10 Å². The van der Waals surface area contributed by atoms with Gasteiger partial charge in [0, 0.05) is 13.1 Å². The van der Waals surface area contributed by atoms with Crippen LogP contribution in [0.15, 0.2) is 6.20 Å². The van der Waals surface area contributed by atoms with Crippen LogP contribution in [0, 0.1) is 0 Å². The van der Waals surface area contributed by atoms with E-state index in [0.29, 0.717) is 5.56 Å². The van der Waals surface area contributed by atoms with Gasteiger partial charge in [-0.25, -0.2) is 9.48 Å². The molecule has 1 aliphatic heterocycles. The van der Waals surface area contributed by atoms with Crippen LogP contribution in [0.25, 0.3) is 0 Å². The van der Waals surface area contributed by atoms with Gasteiger partial charge in [0.25, 0.3) is 0 Å². The standard InChI is InChI=1S/C11H17N3O2/c1-11(2,3)16-10(15)8-7-13-14-6-4-5-12-9(8)14/h7,12H,4-6H2,1-3H3. The highest BCUT2D eigenvalue weighted by Crippen LogP contribution is 2.21. The molecular formula is C11H17N3O2. The zero-order valence-electron chi connectivity index (χ0n) is 9.91. The molecule has 0 radical (unpaired) electrons. The van der Waals surface area contributed by atoms with Crippen molar-refractivity contribution in [3.63, 3.8) is 0 Å². The monoisotopic (exact) mass is 223 g/mol. The summed E-state index contributed by atoms with van der Waals surface area (Å²) in [6.45, 7) is 7.30. The number of aromatic nitrogens is 2. The Kier molecular flexibility index (Phi) is 2.61. The van der Waals surface area contributed by atoms with Crippen LogP contribution in [0.1, 0.15) is 37.6 Å². The highest BCUT2D eigenvalue weighted by molar-refractivity contribution is 5.94. The number of carbonyl (C=O) groups excluding carboxylic acids is 1. The Morgan fingerprint density at radius 2 is 2.31 bits per heavy atom. The van der Waals surface area contributed by atoms with Crippen LogP contribution >= 0.6 is 0 Å². The molecule has 0 bridgehead atoms. The largest absolute Gasteiger partial charge is 0.456 e. The van der Waals surface area contributed by atoms with Crippen molar-refractivity contribution >= 4 is 11.8 Å². The van der Waals surface area contributed by atoms with E-state index in [1.807, 2.05) is 25.5 Å². The average Bonchev–Trinajstić information content (AvgIpc) is 2.58. The maximum absolute atomic E-state index is 11.9. The second-order valence-corrected chi connectivity index (χ2v) is 4.91. The van der Waals surface area contributed by atoms with Crippen LogP contribution in [-0.2, 0) is 11.3 Å². The van der Waals surface area contributed by atoms with Crippen molar-refractivity contribution < 1.29 is 9.53 Å². The summed E-state index contributed by atoms with van der Waals surface area (Å²) in [5, 5.41) is 7.34. The number of carbonyl (C=O) groups is 1. The smallest absolute Gasteiger partial charge is 0.344 e. The average molecular weight is 223 g/mol. The lowest BCUT2D eigenvalue weighted by Gasteiger charge is -2.21. The maximum Gasteiger partial charge on any atom is 0.344 e. The lowest BCUT2D eigenvalue weighted by Crippen LogP contribution is -2.25. The molecule has 0 unspecified atom stereocenters. The van der Waals surface area contributed by atoms with E-state index >= 15 is 0 Å². The SMILES string of the molecule is CC(C)(C)OC(=O)c1cnn2c1NCCC2. The Balaban J connectivity index is 2.21. The van der Waals surface area contributed by atoms with Gasteiger partial charge in [0.15, 0.2) is 0 Å². The molecule has 5 nitrogen and oxygen atoms in total. The number of aryl methyl sites for hydroxylation is 1. The summed E-state index contributed by atoms with van der Waals surface area (Å²) in [6.07, 6.45) is 2.60. The molecule has 0 fully saturated rings. The molecule has 1 N–H and O–H groups in total. The topological polar surface area (TPSA) is 56.1 Å². The Labute approximate surface area is 94.8 Å². The van der Waals surface area contributed by atoms with E-state index in [-0.39, 0.29) is 5.97 Å². The van der Waals surface area contributed by atoms with E-state index in [0.717, 1.165) is 25.3 Å². The van der Waals surface area contributed by atoms with Crippen LogP contribution in [0.2, 0.25) is 0 Å². The van der Waals surface area contributed by atoms with E-state index in [2.05, 4.69) is 10.4 Å². The predicted octanol–water partition coefficient (Wildman–Crippen LogP) is 1.65. The fraction of sp³-hybridized carbons (Fsp3) is 0.636. The van der Waals surface area contributed by atoms with Gasteiger partial charge < -0.3 is 10.1 Å². The van der Waals surface area contributed by atoms with Gasteiger partial charge in [-0.3, -0.25) is 0 Å². The highest BCUT2D eigenvalue weighted by Gasteiger charge is 2.24. The molecule has 1 aromatic heterocycles. The zero-order valence-corrected chi connectivity index (χ0v) is 9.91. The van der Waals surface area contributed by atoms with Gasteiger partial charge in [-0.1, -0.05) is 0 Å². The molecule has 0 spiro atoms. The number of hydrogen-bond donors (Lipinski definition) is 1. The first-order valence-electron chi connectivity index (χ1n) is 5.50. The van der Waals surface area contributed by atoms with Gasteiger partial charge in [0.05, 0.1) is 6.20 Å². The van der Waals surface area contributed by atoms with Crippen molar-refractivity contribution in [1.29, 1.82) is 0 Å². The number of anilines is 1. The third-order valence-electron chi connectivity index (χ3n) is 2.30. The summed E-state index contributed by atoms with van der Waals surface area (Å²) < 4.78 is 7.12. The normalized spacial score (nSPS) is 15.2. The molecule has 88 valence electrons. The number of nitrogens with zero attached hydrogens (tertiary/aromatic N) is 2. The third-order valence-corrected chi connectivity index (χ3v) is 2.30. The number of esters is 1. The van der Waals surface area contributed by atoms with Crippen molar-refractivity contribution in [2.24, 2.45) is 0 Å². The molecule has 0 aliphatic carbocycles. The number of fused-ring (bicyclic) bond motifs is 1. The Bertz CT molecular complexity index is 404. The summed E-state index contributed by atoms with van der Waals surface area (Å²) in [6, 6.07) is 0. The van der Waals surface area contributed by atoms with E-state index in [4.69, 9.17) is 4.74 Å². The molecule has 1 aromatic rings. The second kappa shape index (κ2) is 3.81. The van der Waals surface area contributed by atoms with Crippen molar-refractivity contribution in [2.45, 2.75) is 39.3 Å². The van der Waals surface area contributed by atoms with Crippen molar-refractivity contribution in [1.82, 2.24) is 9.78 Å². The zero-order chi connectivity index (χ0) is 11.8. The molecule has 2 heterocycles. The number of hydrogen-bond acceptors (Lipinski definition) is 4. The molecule has 16 heavy (non-hydrogen) atoms. The van der Waals surface area contributed by atoms with E-state index in [1.165, 1.54) is 0 Å². The minimum absolute atomic E-state index is 0.317. The van der Waals surface area contributed by atoms with Gasteiger partial charge in [0.2, 0.25) is 0 Å². The summed E-state index contributed by atoms with van der Waals surface area (Å²) >= 11 is 0. The van der Waals surface area contributed by atoms with Crippen molar-refractivity contribution in [3.05, 3.63) is 11.8 Å². The van der Waals surface area contributed by atoms with Crippen molar-refractivity contribution in [2.75, 3.05) is 11.9 Å². The van der Waals surface area contributed by atoms with Gasteiger partial charge in [-0.05, 0) is 27.2 Å². The van der Waals surface area contributed by atoms with Gasteiger partial charge >= 0.3 is 5.97 Å². The molecule has 0 amide bonds. The van der Waals surface area contributed by atoms with Crippen LogP contribution in [0.4, 0.5) is 5.82 Å². The van der Waals surface area contributed by atoms with Crippen molar-refractivity contribution in [3.8, 4) is 0 Å². The summed E-state index contributed by atoms with van der Waals surface area (Å²) in [5.41, 5.74) is 0.0511. The van der Waals surface area contributed by atoms with Gasteiger partial charge in [-0.15, -0.1) is 0 Å². The first-order chi connectivity index (χ1) is 7.47. The number of nitrogens with one attached hydrogen (secondary N) is 1. The van der Waals surface area contributed by atoms with Crippen LogP contribution in [-0.4, -0.2) is 27.9 Å². The molecule has 1 aliphatic rings. The summed E-state index contributed by atoms with van der Waals surface area (Å²) in [5.74, 6) is 0.462. The van der Waals surface area contributed by atoms with Crippen LogP contribution in [0.3, 0.4) is 0 Å². The molecule has 0 aromatic carbocycles. The predicted molar refractivity (Wildman–Crippen MR) is 60.5 cm³/mol. The first kappa shape index (κ1) is 11.0. The molecule has 0 saturated heterocycles. The first-order valence-corrected chi connectivity index (χ1v) is 5.50. The van der Waals surface area contributed by atoms with Gasteiger partial charge in [0.1, 0.15) is 17.0 Å². The maximum atomic E-state index is 11.9. The molecule has 0 atom stereocenters. The van der Waals surface area contributed by atoms with Crippen LogP contribution < -0.4 is 5.32 Å².